The third-order valence-electron chi connectivity index (χ3n) is 2.41. The van der Waals surface area contributed by atoms with E-state index in [1.807, 2.05) is 54.8 Å². The summed E-state index contributed by atoms with van der Waals surface area (Å²) in [6, 6.07) is 15.2. The van der Waals surface area contributed by atoms with E-state index in [-0.39, 0.29) is 6.03 Å². The quantitative estimate of drug-likeness (QED) is 0.597. The van der Waals surface area contributed by atoms with Crippen LogP contribution in [0.1, 0.15) is 0 Å². The lowest BCUT2D eigenvalue weighted by molar-refractivity contribution is 0.262. The first-order valence-electron chi connectivity index (χ1n) is 5.65. The summed E-state index contributed by atoms with van der Waals surface area (Å²) >= 11 is 3.85. The number of hydrogen-bond acceptors (Lipinski definition) is 2. The molecule has 0 aliphatic carbocycles. The molecule has 0 aromatic heterocycles. The lowest BCUT2D eigenvalue weighted by Crippen LogP contribution is -2.19. The fourth-order valence-electron chi connectivity index (χ4n) is 1.56. The molecule has 0 bridgehead atoms. The molecule has 2 aromatic carbocycles. The van der Waals surface area contributed by atoms with Crippen LogP contribution < -0.4 is 10.6 Å². The summed E-state index contributed by atoms with van der Waals surface area (Å²) in [6.07, 6.45) is 2.01. The number of hydrogen-bond donors (Lipinski definition) is 2. The van der Waals surface area contributed by atoms with Gasteiger partial charge in [0, 0.05) is 19.8 Å². The lowest BCUT2D eigenvalue weighted by Gasteiger charge is -2.08. The molecule has 0 saturated carbocycles. The van der Waals surface area contributed by atoms with Crippen LogP contribution in [-0.2, 0) is 0 Å². The first-order chi connectivity index (χ1) is 9.17. The zero-order chi connectivity index (χ0) is 13.7. The Morgan fingerprint density at radius 1 is 1.05 bits per heavy atom. The molecule has 0 spiro atoms. The summed E-state index contributed by atoms with van der Waals surface area (Å²) in [6.45, 7) is 0. The number of thioether (sulfide) groups is 1. The predicted molar refractivity (Wildman–Crippen MR) is 90.0 cm³/mol. The maximum absolute atomic E-state index is 11.9. The van der Waals surface area contributed by atoms with E-state index in [4.69, 9.17) is 0 Å². The van der Waals surface area contributed by atoms with Crippen molar-refractivity contribution in [2.45, 2.75) is 4.90 Å². The number of benzene rings is 2. The Balaban J connectivity index is 2.01. The van der Waals surface area contributed by atoms with E-state index in [9.17, 15) is 4.79 Å². The number of anilines is 2. The van der Waals surface area contributed by atoms with E-state index in [2.05, 4.69) is 33.2 Å². The van der Waals surface area contributed by atoms with Crippen LogP contribution in [0, 0.1) is 3.57 Å². The Labute approximate surface area is 130 Å². The minimum Gasteiger partial charge on any atom is -0.308 e. The first kappa shape index (κ1) is 14.2. The number of rotatable bonds is 3. The molecule has 2 aromatic rings. The second kappa shape index (κ2) is 6.81. The summed E-state index contributed by atoms with van der Waals surface area (Å²) in [4.78, 5) is 13.0. The highest BCUT2D eigenvalue weighted by Gasteiger charge is 2.03. The van der Waals surface area contributed by atoms with Gasteiger partial charge in [-0.1, -0.05) is 12.1 Å². The minimum atomic E-state index is -0.236. The van der Waals surface area contributed by atoms with Crippen LogP contribution >= 0.6 is 34.4 Å². The third-order valence-corrected chi connectivity index (χ3v) is 3.81. The van der Waals surface area contributed by atoms with Gasteiger partial charge in [0.15, 0.2) is 0 Å². The van der Waals surface area contributed by atoms with Crippen LogP contribution in [0.25, 0.3) is 0 Å². The van der Waals surface area contributed by atoms with E-state index in [1.54, 1.807) is 11.8 Å². The smallest absolute Gasteiger partial charge is 0.308 e. The molecule has 0 unspecified atom stereocenters. The summed E-state index contributed by atoms with van der Waals surface area (Å²) in [5.41, 5.74) is 1.57. The largest absolute Gasteiger partial charge is 0.323 e. The molecule has 2 rings (SSSR count). The zero-order valence-corrected chi connectivity index (χ0v) is 13.3. The van der Waals surface area contributed by atoms with E-state index in [0.29, 0.717) is 0 Å². The van der Waals surface area contributed by atoms with E-state index >= 15 is 0 Å². The van der Waals surface area contributed by atoms with Gasteiger partial charge in [-0.25, -0.2) is 4.79 Å². The molecule has 0 aliphatic heterocycles. The fourth-order valence-corrected chi connectivity index (χ4v) is 2.56. The van der Waals surface area contributed by atoms with E-state index in [0.717, 1.165) is 19.8 Å². The van der Waals surface area contributed by atoms with Gasteiger partial charge in [0.25, 0.3) is 0 Å². The molecule has 0 heterocycles. The van der Waals surface area contributed by atoms with Crippen molar-refractivity contribution in [1.29, 1.82) is 0 Å². The average molecular weight is 384 g/mol. The molecule has 0 fully saturated rings. The molecule has 0 aliphatic rings. The van der Waals surface area contributed by atoms with Crippen LogP contribution in [0.15, 0.2) is 53.4 Å². The van der Waals surface area contributed by atoms with Gasteiger partial charge in [-0.3, -0.25) is 0 Å². The van der Waals surface area contributed by atoms with Gasteiger partial charge in [-0.05, 0) is 65.2 Å². The van der Waals surface area contributed by atoms with Crippen molar-refractivity contribution in [2.75, 3.05) is 16.9 Å². The summed E-state index contributed by atoms with van der Waals surface area (Å²) in [5.74, 6) is 0. The normalized spacial score (nSPS) is 10.0. The van der Waals surface area contributed by atoms with Crippen molar-refractivity contribution in [2.24, 2.45) is 0 Å². The van der Waals surface area contributed by atoms with Crippen molar-refractivity contribution >= 4 is 51.8 Å². The van der Waals surface area contributed by atoms with Crippen molar-refractivity contribution < 1.29 is 4.79 Å². The monoisotopic (exact) mass is 384 g/mol. The summed E-state index contributed by atoms with van der Waals surface area (Å²) < 4.78 is 1.08. The number of amides is 2. The van der Waals surface area contributed by atoms with Gasteiger partial charge in [0.05, 0.1) is 0 Å². The highest BCUT2D eigenvalue weighted by molar-refractivity contribution is 14.1. The maximum Gasteiger partial charge on any atom is 0.323 e. The first-order valence-corrected chi connectivity index (χ1v) is 7.95. The number of carbonyl (C=O) groups is 1. The molecule has 3 nitrogen and oxygen atoms in total. The fraction of sp³-hybridized carbons (Fsp3) is 0.0714. The van der Waals surface area contributed by atoms with Gasteiger partial charge < -0.3 is 10.6 Å². The number of nitrogens with one attached hydrogen (secondary N) is 2. The molecule has 98 valence electrons. The Bertz CT molecular complexity index is 589. The van der Waals surface area contributed by atoms with Crippen LogP contribution in [0.5, 0.6) is 0 Å². The Hall–Kier alpha value is -1.21. The van der Waals surface area contributed by atoms with Crippen molar-refractivity contribution in [3.8, 4) is 0 Å². The highest BCUT2D eigenvalue weighted by Crippen LogP contribution is 2.19. The van der Waals surface area contributed by atoms with Gasteiger partial charge in [0.1, 0.15) is 0 Å². The van der Waals surface area contributed by atoms with Crippen molar-refractivity contribution in [3.05, 3.63) is 52.1 Å². The third kappa shape index (κ3) is 4.43. The van der Waals surface area contributed by atoms with Crippen molar-refractivity contribution in [1.82, 2.24) is 0 Å². The van der Waals surface area contributed by atoms with Gasteiger partial charge in [0.2, 0.25) is 0 Å². The van der Waals surface area contributed by atoms with Crippen LogP contribution in [0.4, 0.5) is 16.2 Å². The predicted octanol–water partition coefficient (Wildman–Crippen LogP) is 4.66. The van der Waals surface area contributed by atoms with Crippen LogP contribution in [-0.4, -0.2) is 12.3 Å². The van der Waals surface area contributed by atoms with Crippen LogP contribution in [0.3, 0.4) is 0 Å². The standard InChI is InChI=1S/C14H13IN2OS/c1-19-13-7-3-6-12(9-13)17-14(18)16-11-5-2-4-10(15)8-11/h2-9H,1H3,(H2,16,17,18). The molecule has 0 saturated heterocycles. The molecule has 2 N–H and O–H groups in total. The number of urea groups is 1. The second-order valence-electron chi connectivity index (χ2n) is 3.82. The SMILES string of the molecule is CSc1cccc(NC(=O)Nc2cccc(I)c2)c1. The Kier molecular flexibility index (Phi) is 5.09. The molecule has 19 heavy (non-hydrogen) atoms. The van der Waals surface area contributed by atoms with Crippen molar-refractivity contribution in [3.63, 3.8) is 0 Å². The Morgan fingerprint density at radius 2 is 1.68 bits per heavy atom. The summed E-state index contributed by atoms with van der Waals surface area (Å²) in [7, 11) is 0. The maximum atomic E-state index is 11.9. The van der Waals surface area contributed by atoms with Gasteiger partial charge in [-0.15, -0.1) is 11.8 Å². The van der Waals surface area contributed by atoms with Gasteiger partial charge in [-0.2, -0.15) is 0 Å². The number of halogens is 1. The molecule has 0 atom stereocenters. The minimum absolute atomic E-state index is 0.236. The number of carbonyl (C=O) groups excluding carboxylic acids is 1. The summed E-state index contributed by atoms with van der Waals surface area (Å²) in [5, 5.41) is 5.63. The molecular weight excluding hydrogens is 371 g/mol. The average Bonchev–Trinajstić information content (AvgIpc) is 2.38. The zero-order valence-electron chi connectivity index (χ0n) is 10.3. The molecular formula is C14H13IN2OS. The van der Waals surface area contributed by atoms with E-state index in [1.165, 1.54) is 0 Å². The molecule has 0 radical (unpaired) electrons. The van der Waals surface area contributed by atoms with Crippen LogP contribution in [0.2, 0.25) is 0 Å². The second-order valence-corrected chi connectivity index (χ2v) is 5.95. The highest BCUT2D eigenvalue weighted by atomic mass is 127. The topological polar surface area (TPSA) is 41.1 Å². The van der Waals surface area contributed by atoms with E-state index < -0.39 is 0 Å². The molecule has 5 heteroatoms. The van der Waals surface area contributed by atoms with Gasteiger partial charge >= 0.3 is 6.03 Å². The lowest BCUT2D eigenvalue weighted by atomic mass is 10.3. The molecule has 2 amide bonds. The Morgan fingerprint density at radius 3 is 2.32 bits per heavy atom.